The Morgan fingerprint density at radius 1 is 1.19 bits per heavy atom. The van der Waals surface area contributed by atoms with Crippen LogP contribution in [0.5, 0.6) is 0 Å². The van der Waals surface area contributed by atoms with Crippen molar-refractivity contribution in [2.45, 2.75) is 13.8 Å². The third kappa shape index (κ3) is 2.61. The number of fused-ring (bicyclic) bond motifs is 1. The molecule has 0 bridgehead atoms. The number of benzene rings is 1. The number of carbonyl (C=O) groups is 3. The van der Waals surface area contributed by atoms with Crippen LogP contribution in [-0.2, 0) is 9.47 Å². The molecule has 2 aromatic rings. The van der Waals surface area contributed by atoms with E-state index in [1.807, 2.05) is 0 Å². The first-order valence-corrected chi connectivity index (χ1v) is 7.93. The molecule has 3 rings (SSSR count). The molecule has 0 spiro atoms. The molecule has 7 heteroatoms. The molecule has 0 unspecified atom stereocenters. The highest BCUT2D eigenvalue weighted by atomic mass is 19.1. The van der Waals surface area contributed by atoms with Gasteiger partial charge in [0.2, 0.25) is 11.6 Å². The fourth-order valence-electron chi connectivity index (χ4n) is 3.04. The lowest BCUT2D eigenvalue weighted by molar-refractivity contribution is 0.0522. The molecular formula is C19H16FNO5. The number of nitrogens with zero attached hydrogens (tertiary/aromatic N) is 1. The second-order valence-corrected chi connectivity index (χ2v) is 5.62. The van der Waals surface area contributed by atoms with Crippen molar-refractivity contribution in [1.82, 2.24) is 4.57 Å². The van der Waals surface area contributed by atoms with E-state index in [1.165, 1.54) is 35.9 Å². The Hall–Kier alpha value is -3.22. The highest BCUT2D eigenvalue weighted by Gasteiger charge is 2.38. The number of carbonyl (C=O) groups excluding carboxylic acids is 3. The standard InChI is InChI=1S/C19H16FNO5/c1-4-26-19(24)15-10(2)21(12-7-5-11(20)6-8-12)17-13(22)9-14(25-3)18(23)16(15)17/h5-9H,4H2,1-3H3. The predicted molar refractivity (Wildman–Crippen MR) is 90.2 cm³/mol. The quantitative estimate of drug-likeness (QED) is 0.787. The average molecular weight is 357 g/mol. The van der Waals surface area contributed by atoms with Crippen LogP contribution in [-0.4, -0.2) is 35.8 Å². The normalized spacial score (nSPS) is 13.3. The number of hydrogen-bond acceptors (Lipinski definition) is 5. The smallest absolute Gasteiger partial charge is 0.340 e. The third-order valence-electron chi connectivity index (χ3n) is 4.14. The van der Waals surface area contributed by atoms with Gasteiger partial charge in [-0.1, -0.05) is 0 Å². The van der Waals surface area contributed by atoms with E-state index >= 15 is 0 Å². The van der Waals surface area contributed by atoms with Crippen molar-refractivity contribution in [3.63, 3.8) is 0 Å². The average Bonchev–Trinajstić information content (AvgIpc) is 2.93. The van der Waals surface area contributed by atoms with Gasteiger partial charge in [-0.3, -0.25) is 9.59 Å². The van der Waals surface area contributed by atoms with E-state index < -0.39 is 23.4 Å². The zero-order chi connectivity index (χ0) is 19.0. The minimum atomic E-state index is -0.708. The number of methoxy groups -OCH3 is 1. The Bertz CT molecular complexity index is 953. The van der Waals surface area contributed by atoms with Gasteiger partial charge in [-0.15, -0.1) is 0 Å². The van der Waals surface area contributed by atoms with Crippen LogP contribution in [0, 0.1) is 12.7 Å². The van der Waals surface area contributed by atoms with Crippen molar-refractivity contribution in [3.8, 4) is 5.69 Å². The first-order chi connectivity index (χ1) is 12.4. The molecule has 1 aliphatic rings. The topological polar surface area (TPSA) is 74.6 Å². The SMILES string of the molecule is CCOC(=O)c1c2c(n(-c3ccc(F)cc3)c1C)C(=O)C=C(OC)C2=O. The molecule has 134 valence electrons. The summed E-state index contributed by atoms with van der Waals surface area (Å²) in [4.78, 5) is 37.9. The van der Waals surface area contributed by atoms with Gasteiger partial charge < -0.3 is 14.0 Å². The molecule has 1 aromatic heterocycles. The summed E-state index contributed by atoms with van der Waals surface area (Å²) in [6.07, 6.45) is 1.08. The summed E-state index contributed by atoms with van der Waals surface area (Å²) in [5, 5.41) is 0. The molecule has 0 saturated heterocycles. The summed E-state index contributed by atoms with van der Waals surface area (Å²) in [5.74, 6) is -2.36. The Morgan fingerprint density at radius 3 is 2.42 bits per heavy atom. The zero-order valence-corrected chi connectivity index (χ0v) is 14.5. The molecule has 0 aliphatic heterocycles. The van der Waals surface area contributed by atoms with Gasteiger partial charge in [-0.25, -0.2) is 9.18 Å². The number of Topliss-reactive ketones (excluding diaryl/α,β-unsaturated/α-hetero) is 1. The van der Waals surface area contributed by atoms with Crippen LogP contribution in [0.25, 0.3) is 5.69 Å². The van der Waals surface area contributed by atoms with Crippen LogP contribution in [0.15, 0.2) is 36.1 Å². The van der Waals surface area contributed by atoms with Crippen LogP contribution in [0.1, 0.15) is 43.8 Å². The molecule has 1 aromatic carbocycles. The lowest BCUT2D eigenvalue weighted by Crippen LogP contribution is -2.21. The van der Waals surface area contributed by atoms with Crippen molar-refractivity contribution in [3.05, 3.63) is 64.4 Å². The number of esters is 1. The Labute approximate surface area is 148 Å². The minimum Gasteiger partial charge on any atom is -0.492 e. The van der Waals surface area contributed by atoms with Crippen LogP contribution < -0.4 is 0 Å². The van der Waals surface area contributed by atoms with Crippen LogP contribution in [0.3, 0.4) is 0 Å². The largest absolute Gasteiger partial charge is 0.492 e. The molecule has 26 heavy (non-hydrogen) atoms. The fraction of sp³-hybridized carbons (Fsp3) is 0.211. The summed E-state index contributed by atoms with van der Waals surface area (Å²) in [6.45, 7) is 3.36. The number of ketones is 2. The molecule has 0 N–H and O–H groups in total. The first kappa shape index (κ1) is 17.6. The molecule has 0 radical (unpaired) electrons. The van der Waals surface area contributed by atoms with Crippen molar-refractivity contribution in [2.24, 2.45) is 0 Å². The van der Waals surface area contributed by atoms with Crippen LogP contribution >= 0.6 is 0 Å². The van der Waals surface area contributed by atoms with Crippen LogP contribution in [0.4, 0.5) is 4.39 Å². The number of rotatable bonds is 4. The summed E-state index contributed by atoms with van der Waals surface area (Å²) in [6, 6.07) is 5.39. The predicted octanol–water partition coefficient (Wildman–Crippen LogP) is 3.01. The maximum absolute atomic E-state index is 13.3. The van der Waals surface area contributed by atoms with E-state index in [0.29, 0.717) is 11.4 Å². The molecule has 0 saturated carbocycles. The van der Waals surface area contributed by atoms with Gasteiger partial charge in [0.1, 0.15) is 11.5 Å². The maximum Gasteiger partial charge on any atom is 0.340 e. The highest BCUT2D eigenvalue weighted by Crippen LogP contribution is 2.33. The highest BCUT2D eigenvalue weighted by molar-refractivity contribution is 6.26. The lowest BCUT2D eigenvalue weighted by atomic mass is 9.96. The summed E-state index contributed by atoms with van der Waals surface area (Å²) in [7, 11) is 1.27. The molecular weight excluding hydrogens is 341 g/mol. The van der Waals surface area contributed by atoms with Crippen molar-refractivity contribution in [2.75, 3.05) is 13.7 Å². The summed E-state index contributed by atoms with van der Waals surface area (Å²) >= 11 is 0. The second kappa shape index (κ2) is 6.59. The van der Waals surface area contributed by atoms with Crippen molar-refractivity contribution < 1.29 is 28.2 Å². The van der Waals surface area contributed by atoms with E-state index in [4.69, 9.17) is 9.47 Å². The molecule has 0 fully saturated rings. The molecule has 6 nitrogen and oxygen atoms in total. The van der Waals surface area contributed by atoms with Crippen molar-refractivity contribution in [1.29, 1.82) is 0 Å². The molecule has 1 heterocycles. The summed E-state index contributed by atoms with van der Waals surface area (Å²) in [5.41, 5.74) is 0.781. The van der Waals surface area contributed by atoms with Crippen LogP contribution in [0.2, 0.25) is 0 Å². The van der Waals surface area contributed by atoms with Gasteiger partial charge in [0, 0.05) is 17.5 Å². The number of ether oxygens (including phenoxy) is 2. The van der Waals surface area contributed by atoms with Crippen molar-refractivity contribution >= 4 is 17.5 Å². The lowest BCUT2D eigenvalue weighted by Gasteiger charge is -2.14. The maximum atomic E-state index is 13.3. The third-order valence-corrected chi connectivity index (χ3v) is 4.14. The van der Waals surface area contributed by atoms with E-state index in [-0.39, 0.29) is 29.2 Å². The number of halogens is 1. The van der Waals surface area contributed by atoms with E-state index in [0.717, 1.165) is 6.08 Å². The zero-order valence-electron chi connectivity index (χ0n) is 14.5. The van der Waals surface area contributed by atoms with Gasteiger partial charge >= 0.3 is 5.97 Å². The second-order valence-electron chi connectivity index (χ2n) is 5.62. The number of hydrogen-bond donors (Lipinski definition) is 0. The number of aromatic nitrogens is 1. The molecule has 0 amide bonds. The van der Waals surface area contributed by atoms with Gasteiger partial charge in [0.25, 0.3) is 0 Å². The Kier molecular flexibility index (Phi) is 4.46. The van der Waals surface area contributed by atoms with Gasteiger partial charge in [0.15, 0.2) is 5.76 Å². The van der Waals surface area contributed by atoms with E-state index in [9.17, 15) is 18.8 Å². The minimum absolute atomic E-state index is 0.00664. The Morgan fingerprint density at radius 2 is 1.85 bits per heavy atom. The van der Waals surface area contributed by atoms with Gasteiger partial charge in [0.05, 0.1) is 24.8 Å². The number of allylic oxidation sites excluding steroid dienone is 2. The van der Waals surface area contributed by atoms with Gasteiger partial charge in [-0.05, 0) is 38.1 Å². The summed E-state index contributed by atoms with van der Waals surface area (Å²) < 4.78 is 24.8. The van der Waals surface area contributed by atoms with Gasteiger partial charge in [-0.2, -0.15) is 0 Å². The monoisotopic (exact) mass is 357 g/mol. The van der Waals surface area contributed by atoms with E-state index in [2.05, 4.69) is 0 Å². The molecule has 1 aliphatic carbocycles. The van der Waals surface area contributed by atoms with E-state index in [1.54, 1.807) is 13.8 Å². The Balaban J connectivity index is 2.34. The molecule has 0 atom stereocenters. The fourth-order valence-corrected chi connectivity index (χ4v) is 3.04. The first-order valence-electron chi connectivity index (χ1n) is 7.93.